The number of thiophene rings is 1. The van der Waals surface area contributed by atoms with Crippen LogP contribution in [0.25, 0.3) is 0 Å². The number of aliphatic imine (C=N–C) groups is 1. The molecule has 0 saturated heterocycles. The predicted octanol–water partition coefficient (Wildman–Crippen LogP) is 2.30. The summed E-state index contributed by atoms with van der Waals surface area (Å²) >= 11 is 6.81. The maximum atomic E-state index is 12.1. The standard InChI is InChI=1S/C16H29ClN4O3S2/c1-4-18-16(19-8-5-11-24-12-13(2)3)20-9-10-21-26(22,23)15-7-6-14(17)25-15/h6-7,13,21H,4-5,8-12H2,1-3H3,(H2,18,19,20). The average Bonchev–Trinajstić information content (AvgIpc) is 3.01. The van der Waals surface area contributed by atoms with Gasteiger partial charge in [0.2, 0.25) is 10.0 Å². The fraction of sp³-hybridized carbons (Fsp3) is 0.688. The molecular formula is C16H29ClN4O3S2. The van der Waals surface area contributed by atoms with Gasteiger partial charge in [-0.3, -0.25) is 4.99 Å². The maximum absolute atomic E-state index is 12.1. The van der Waals surface area contributed by atoms with Gasteiger partial charge in [-0.05, 0) is 31.4 Å². The Balaban J connectivity index is 2.31. The summed E-state index contributed by atoms with van der Waals surface area (Å²) in [5.41, 5.74) is 0. The first-order valence-electron chi connectivity index (χ1n) is 8.70. The number of guanidine groups is 1. The summed E-state index contributed by atoms with van der Waals surface area (Å²) in [5, 5.41) is 6.24. The zero-order valence-electron chi connectivity index (χ0n) is 15.5. The van der Waals surface area contributed by atoms with Crippen molar-refractivity contribution in [2.45, 2.75) is 31.4 Å². The van der Waals surface area contributed by atoms with Gasteiger partial charge in [-0.2, -0.15) is 0 Å². The van der Waals surface area contributed by atoms with Crippen molar-refractivity contribution in [1.82, 2.24) is 15.4 Å². The summed E-state index contributed by atoms with van der Waals surface area (Å²) in [4.78, 5) is 4.45. The highest BCUT2D eigenvalue weighted by atomic mass is 35.5. The van der Waals surface area contributed by atoms with Crippen molar-refractivity contribution in [3.8, 4) is 0 Å². The molecule has 0 fully saturated rings. The number of halogens is 1. The number of rotatable bonds is 12. The van der Waals surface area contributed by atoms with Crippen molar-refractivity contribution in [1.29, 1.82) is 0 Å². The van der Waals surface area contributed by atoms with Crippen LogP contribution in [-0.4, -0.2) is 53.8 Å². The number of hydrogen-bond donors (Lipinski definition) is 3. The van der Waals surface area contributed by atoms with Gasteiger partial charge in [-0.25, -0.2) is 13.1 Å². The summed E-state index contributed by atoms with van der Waals surface area (Å²) in [6.45, 7) is 9.71. The second kappa shape index (κ2) is 12.5. The third-order valence-electron chi connectivity index (χ3n) is 3.04. The molecule has 0 radical (unpaired) electrons. The number of hydrogen-bond acceptors (Lipinski definition) is 5. The number of nitrogens with zero attached hydrogens (tertiary/aromatic N) is 1. The molecule has 0 aromatic carbocycles. The van der Waals surface area contributed by atoms with E-state index in [1.807, 2.05) is 6.92 Å². The molecule has 0 aliphatic heterocycles. The number of sulfonamides is 1. The lowest BCUT2D eigenvalue weighted by Crippen LogP contribution is -2.41. The van der Waals surface area contributed by atoms with E-state index < -0.39 is 10.0 Å². The van der Waals surface area contributed by atoms with E-state index in [1.54, 1.807) is 6.07 Å². The Kier molecular flexibility index (Phi) is 11.1. The zero-order valence-corrected chi connectivity index (χ0v) is 17.9. The van der Waals surface area contributed by atoms with Gasteiger partial charge in [-0.15, -0.1) is 11.3 Å². The Hall–Kier alpha value is -0.870. The molecule has 0 saturated carbocycles. The molecule has 0 atom stereocenters. The van der Waals surface area contributed by atoms with Gasteiger partial charge in [0.25, 0.3) is 0 Å². The van der Waals surface area contributed by atoms with E-state index in [9.17, 15) is 8.42 Å². The smallest absolute Gasteiger partial charge is 0.250 e. The minimum absolute atomic E-state index is 0.212. The van der Waals surface area contributed by atoms with E-state index in [0.29, 0.717) is 35.9 Å². The minimum atomic E-state index is -3.52. The third kappa shape index (κ3) is 9.72. The quantitative estimate of drug-likeness (QED) is 0.272. The summed E-state index contributed by atoms with van der Waals surface area (Å²) in [7, 11) is -3.52. The van der Waals surface area contributed by atoms with E-state index >= 15 is 0 Å². The highest BCUT2D eigenvalue weighted by Gasteiger charge is 2.15. The molecule has 0 spiro atoms. The summed E-state index contributed by atoms with van der Waals surface area (Å²) in [6.07, 6.45) is 0.842. The average molecular weight is 425 g/mol. The molecule has 0 aliphatic rings. The monoisotopic (exact) mass is 424 g/mol. The Labute approximate surface area is 165 Å². The fourth-order valence-corrected chi connectivity index (χ4v) is 4.46. The van der Waals surface area contributed by atoms with Gasteiger partial charge in [-0.1, -0.05) is 25.4 Å². The predicted molar refractivity (Wildman–Crippen MR) is 109 cm³/mol. The summed E-state index contributed by atoms with van der Waals surface area (Å²) < 4.78 is 32.9. The van der Waals surface area contributed by atoms with Gasteiger partial charge in [0, 0.05) is 39.4 Å². The van der Waals surface area contributed by atoms with Gasteiger partial charge in [0.1, 0.15) is 4.21 Å². The van der Waals surface area contributed by atoms with E-state index in [2.05, 4.69) is 34.2 Å². The van der Waals surface area contributed by atoms with Crippen molar-refractivity contribution >= 4 is 38.9 Å². The van der Waals surface area contributed by atoms with Gasteiger partial charge in [0.05, 0.1) is 4.34 Å². The molecule has 10 heteroatoms. The van der Waals surface area contributed by atoms with E-state index in [4.69, 9.17) is 16.3 Å². The highest BCUT2D eigenvalue weighted by molar-refractivity contribution is 7.91. The molecule has 0 aliphatic carbocycles. The van der Waals surface area contributed by atoms with Crippen molar-refractivity contribution in [2.24, 2.45) is 10.9 Å². The van der Waals surface area contributed by atoms with Gasteiger partial charge >= 0.3 is 0 Å². The van der Waals surface area contributed by atoms with E-state index in [1.165, 1.54) is 6.07 Å². The van der Waals surface area contributed by atoms with Crippen LogP contribution in [0.1, 0.15) is 27.2 Å². The molecule has 150 valence electrons. The lowest BCUT2D eigenvalue weighted by molar-refractivity contribution is 0.109. The second-order valence-corrected chi connectivity index (χ2v) is 9.67. The third-order valence-corrected chi connectivity index (χ3v) is 6.22. The van der Waals surface area contributed by atoms with E-state index in [0.717, 1.165) is 30.9 Å². The summed E-state index contributed by atoms with van der Waals surface area (Å²) in [5.74, 6) is 1.20. The van der Waals surface area contributed by atoms with Crippen LogP contribution in [0.3, 0.4) is 0 Å². The molecule has 1 heterocycles. The second-order valence-electron chi connectivity index (χ2n) is 5.97. The van der Waals surface area contributed by atoms with Crippen LogP contribution in [-0.2, 0) is 14.8 Å². The van der Waals surface area contributed by atoms with Crippen molar-refractivity contribution in [3.05, 3.63) is 16.5 Å². The first-order valence-corrected chi connectivity index (χ1v) is 11.4. The minimum Gasteiger partial charge on any atom is -0.381 e. The van der Waals surface area contributed by atoms with E-state index in [-0.39, 0.29) is 10.8 Å². The lowest BCUT2D eigenvalue weighted by atomic mass is 10.2. The SMILES string of the molecule is CCNC(=NCCCOCC(C)C)NCCNS(=O)(=O)c1ccc(Cl)s1. The zero-order chi connectivity index (χ0) is 19.4. The Morgan fingerprint density at radius 1 is 1.31 bits per heavy atom. The van der Waals surface area contributed by atoms with Gasteiger partial charge in [0.15, 0.2) is 5.96 Å². The van der Waals surface area contributed by atoms with Crippen LogP contribution >= 0.6 is 22.9 Å². The molecule has 1 aromatic heterocycles. The molecule has 0 bridgehead atoms. The summed E-state index contributed by atoms with van der Waals surface area (Å²) in [6, 6.07) is 3.06. The molecule has 1 aromatic rings. The van der Waals surface area contributed by atoms with Crippen LogP contribution < -0.4 is 15.4 Å². The molecule has 26 heavy (non-hydrogen) atoms. The van der Waals surface area contributed by atoms with Crippen molar-refractivity contribution < 1.29 is 13.2 Å². The largest absolute Gasteiger partial charge is 0.381 e. The van der Waals surface area contributed by atoms with Crippen LogP contribution in [0.5, 0.6) is 0 Å². The van der Waals surface area contributed by atoms with Crippen LogP contribution in [0.2, 0.25) is 4.34 Å². The van der Waals surface area contributed by atoms with Crippen molar-refractivity contribution in [2.75, 3.05) is 39.4 Å². The lowest BCUT2D eigenvalue weighted by Gasteiger charge is -2.12. The Bertz CT molecular complexity index is 648. The molecular weight excluding hydrogens is 396 g/mol. The molecule has 1 rings (SSSR count). The fourth-order valence-electron chi connectivity index (χ4n) is 1.90. The van der Waals surface area contributed by atoms with Crippen LogP contribution in [0, 0.1) is 5.92 Å². The Morgan fingerprint density at radius 3 is 2.69 bits per heavy atom. The van der Waals surface area contributed by atoms with Crippen LogP contribution in [0.15, 0.2) is 21.3 Å². The maximum Gasteiger partial charge on any atom is 0.250 e. The number of ether oxygens (including phenoxy) is 1. The molecule has 0 unspecified atom stereocenters. The highest BCUT2D eigenvalue weighted by Crippen LogP contribution is 2.25. The molecule has 3 N–H and O–H groups in total. The topological polar surface area (TPSA) is 91.8 Å². The van der Waals surface area contributed by atoms with Gasteiger partial charge < -0.3 is 15.4 Å². The number of nitrogens with one attached hydrogen (secondary N) is 3. The molecule has 7 nitrogen and oxygen atoms in total. The first-order chi connectivity index (χ1) is 12.3. The van der Waals surface area contributed by atoms with Crippen LogP contribution in [0.4, 0.5) is 0 Å². The van der Waals surface area contributed by atoms with Crippen molar-refractivity contribution in [3.63, 3.8) is 0 Å². The Morgan fingerprint density at radius 2 is 2.08 bits per heavy atom. The molecule has 0 amide bonds. The normalized spacial score (nSPS) is 12.6. The first kappa shape index (κ1) is 23.2.